The first-order valence-electron chi connectivity index (χ1n) is 6.45. The Morgan fingerprint density at radius 3 is 2.80 bits per heavy atom. The van der Waals surface area contributed by atoms with Crippen molar-refractivity contribution in [3.8, 4) is 11.4 Å². The Bertz CT molecular complexity index is 691. The number of aromatic amines is 1. The van der Waals surface area contributed by atoms with E-state index in [9.17, 15) is 0 Å². The van der Waals surface area contributed by atoms with E-state index in [0.29, 0.717) is 5.82 Å². The number of anilines is 1. The molecule has 2 aromatic carbocycles. The minimum Gasteiger partial charge on any atom is -0.381 e. The van der Waals surface area contributed by atoms with E-state index in [0.717, 1.165) is 17.8 Å². The van der Waals surface area contributed by atoms with E-state index in [4.69, 9.17) is 0 Å². The summed E-state index contributed by atoms with van der Waals surface area (Å²) in [6, 6.07) is 16.3. The lowest BCUT2D eigenvalue weighted by molar-refractivity contribution is 0.881. The van der Waals surface area contributed by atoms with Gasteiger partial charge in [0, 0.05) is 17.8 Å². The molecule has 0 bridgehead atoms. The van der Waals surface area contributed by atoms with Crippen molar-refractivity contribution < 1.29 is 0 Å². The van der Waals surface area contributed by atoms with Crippen LogP contribution in [0.2, 0.25) is 0 Å². The maximum atomic E-state index is 3.98. The molecule has 0 amide bonds. The second-order valence-corrected chi connectivity index (χ2v) is 4.60. The molecule has 2 N–H and O–H groups in total. The number of hydrogen-bond acceptors (Lipinski definition) is 4. The standard InChI is InChI=1S/C15H15N5/c1-11-5-2-3-6-13(11)10-16-14-8-4-7-12(9-14)15-17-19-20-18-15/h2-9,16H,10H2,1H3,(H,17,18,19,20). The summed E-state index contributed by atoms with van der Waals surface area (Å²) >= 11 is 0. The van der Waals surface area contributed by atoms with Crippen LogP contribution in [0, 0.1) is 6.92 Å². The zero-order valence-corrected chi connectivity index (χ0v) is 11.2. The number of aryl methyl sites for hydroxylation is 1. The van der Waals surface area contributed by atoms with Crippen LogP contribution in [-0.4, -0.2) is 20.6 Å². The van der Waals surface area contributed by atoms with E-state index >= 15 is 0 Å². The van der Waals surface area contributed by atoms with Crippen LogP contribution in [0.5, 0.6) is 0 Å². The van der Waals surface area contributed by atoms with E-state index in [-0.39, 0.29) is 0 Å². The summed E-state index contributed by atoms with van der Waals surface area (Å²) in [5.74, 6) is 0.601. The predicted octanol–water partition coefficient (Wildman–Crippen LogP) is 2.79. The van der Waals surface area contributed by atoms with Crippen LogP contribution in [0.15, 0.2) is 48.5 Å². The minimum atomic E-state index is 0.601. The number of hydrogen-bond donors (Lipinski definition) is 2. The summed E-state index contributed by atoms with van der Waals surface area (Å²) in [5, 5.41) is 17.4. The minimum absolute atomic E-state index is 0.601. The molecule has 0 spiro atoms. The molecule has 0 unspecified atom stereocenters. The Kier molecular flexibility index (Phi) is 3.41. The van der Waals surface area contributed by atoms with Crippen molar-refractivity contribution in [3.63, 3.8) is 0 Å². The van der Waals surface area contributed by atoms with Crippen LogP contribution in [0.4, 0.5) is 5.69 Å². The van der Waals surface area contributed by atoms with Gasteiger partial charge in [-0.15, -0.1) is 10.2 Å². The lowest BCUT2D eigenvalue weighted by Gasteiger charge is -2.09. The maximum absolute atomic E-state index is 3.98. The van der Waals surface area contributed by atoms with Gasteiger partial charge in [-0.3, -0.25) is 0 Å². The molecule has 20 heavy (non-hydrogen) atoms. The van der Waals surface area contributed by atoms with Crippen LogP contribution >= 0.6 is 0 Å². The van der Waals surface area contributed by atoms with Gasteiger partial charge in [0.05, 0.1) is 0 Å². The summed E-state index contributed by atoms with van der Waals surface area (Å²) < 4.78 is 0. The van der Waals surface area contributed by atoms with Crippen molar-refractivity contribution in [2.75, 3.05) is 5.32 Å². The number of nitrogens with zero attached hydrogens (tertiary/aromatic N) is 3. The first-order chi connectivity index (χ1) is 9.83. The Labute approximate surface area is 117 Å². The first kappa shape index (κ1) is 12.3. The molecular weight excluding hydrogens is 250 g/mol. The predicted molar refractivity (Wildman–Crippen MR) is 78.1 cm³/mol. The zero-order chi connectivity index (χ0) is 13.8. The smallest absolute Gasteiger partial charge is 0.204 e. The lowest BCUT2D eigenvalue weighted by atomic mass is 10.1. The summed E-state index contributed by atoms with van der Waals surface area (Å²) in [6.45, 7) is 2.91. The van der Waals surface area contributed by atoms with Crippen molar-refractivity contribution >= 4 is 5.69 Å². The lowest BCUT2D eigenvalue weighted by Crippen LogP contribution is -2.01. The van der Waals surface area contributed by atoms with Crippen LogP contribution in [-0.2, 0) is 6.54 Å². The Hall–Kier alpha value is -2.69. The molecule has 1 aromatic heterocycles. The molecule has 0 saturated heterocycles. The number of tetrazole rings is 1. The van der Waals surface area contributed by atoms with Gasteiger partial charge in [0.1, 0.15) is 0 Å². The molecule has 100 valence electrons. The third-order valence-corrected chi connectivity index (χ3v) is 3.21. The third-order valence-electron chi connectivity index (χ3n) is 3.21. The molecule has 0 aliphatic carbocycles. The van der Waals surface area contributed by atoms with E-state index in [1.165, 1.54) is 11.1 Å². The quantitative estimate of drug-likeness (QED) is 0.761. The average molecular weight is 265 g/mol. The van der Waals surface area contributed by atoms with Crippen molar-refractivity contribution in [1.82, 2.24) is 20.6 Å². The molecule has 0 aliphatic rings. The van der Waals surface area contributed by atoms with Gasteiger partial charge >= 0.3 is 0 Å². The highest BCUT2D eigenvalue weighted by molar-refractivity contribution is 5.61. The Morgan fingerprint density at radius 2 is 2.00 bits per heavy atom. The van der Waals surface area contributed by atoms with E-state index in [1.807, 2.05) is 24.3 Å². The van der Waals surface area contributed by atoms with Crippen molar-refractivity contribution in [1.29, 1.82) is 0 Å². The monoisotopic (exact) mass is 265 g/mol. The Morgan fingerprint density at radius 1 is 1.10 bits per heavy atom. The van der Waals surface area contributed by atoms with Crippen molar-refractivity contribution in [2.45, 2.75) is 13.5 Å². The highest BCUT2D eigenvalue weighted by Gasteiger charge is 2.03. The fraction of sp³-hybridized carbons (Fsp3) is 0.133. The molecule has 3 rings (SSSR count). The molecule has 5 heteroatoms. The SMILES string of the molecule is Cc1ccccc1CNc1cccc(-c2nn[nH]n2)c1. The summed E-state index contributed by atoms with van der Waals surface area (Å²) in [4.78, 5) is 0. The fourth-order valence-electron chi connectivity index (χ4n) is 2.06. The molecule has 0 saturated carbocycles. The van der Waals surface area contributed by atoms with E-state index in [2.05, 4.69) is 57.1 Å². The van der Waals surface area contributed by atoms with Gasteiger partial charge in [-0.2, -0.15) is 5.21 Å². The molecule has 0 aliphatic heterocycles. The van der Waals surface area contributed by atoms with Gasteiger partial charge in [0.15, 0.2) is 0 Å². The number of H-pyrrole nitrogens is 1. The topological polar surface area (TPSA) is 66.5 Å². The molecule has 0 fully saturated rings. The van der Waals surface area contributed by atoms with Crippen LogP contribution in [0.25, 0.3) is 11.4 Å². The van der Waals surface area contributed by atoms with Gasteiger partial charge in [0.25, 0.3) is 0 Å². The van der Waals surface area contributed by atoms with Gasteiger partial charge in [-0.1, -0.05) is 36.4 Å². The zero-order valence-electron chi connectivity index (χ0n) is 11.2. The number of nitrogens with one attached hydrogen (secondary N) is 2. The molecule has 1 heterocycles. The first-order valence-corrected chi connectivity index (χ1v) is 6.45. The van der Waals surface area contributed by atoms with E-state index < -0.39 is 0 Å². The Balaban J connectivity index is 1.75. The largest absolute Gasteiger partial charge is 0.381 e. The van der Waals surface area contributed by atoms with Gasteiger partial charge in [-0.25, -0.2) is 0 Å². The average Bonchev–Trinajstić information content (AvgIpc) is 3.01. The van der Waals surface area contributed by atoms with Crippen LogP contribution in [0.3, 0.4) is 0 Å². The molecule has 0 atom stereocenters. The summed E-state index contributed by atoms with van der Waals surface area (Å²) in [5.41, 5.74) is 4.55. The number of aromatic nitrogens is 4. The second-order valence-electron chi connectivity index (χ2n) is 4.60. The molecule has 5 nitrogen and oxygen atoms in total. The maximum Gasteiger partial charge on any atom is 0.204 e. The molecular formula is C15H15N5. The van der Waals surface area contributed by atoms with Gasteiger partial charge in [-0.05, 0) is 35.4 Å². The van der Waals surface area contributed by atoms with Crippen molar-refractivity contribution in [3.05, 3.63) is 59.7 Å². The van der Waals surface area contributed by atoms with Crippen LogP contribution < -0.4 is 5.32 Å². The van der Waals surface area contributed by atoms with Crippen molar-refractivity contribution in [2.24, 2.45) is 0 Å². The number of rotatable bonds is 4. The highest BCUT2D eigenvalue weighted by atomic mass is 15.5. The van der Waals surface area contributed by atoms with Gasteiger partial charge in [0.2, 0.25) is 5.82 Å². The third kappa shape index (κ3) is 2.66. The molecule has 3 aromatic rings. The fourth-order valence-corrected chi connectivity index (χ4v) is 2.06. The summed E-state index contributed by atoms with van der Waals surface area (Å²) in [7, 11) is 0. The highest BCUT2D eigenvalue weighted by Crippen LogP contribution is 2.19. The summed E-state index contributed by atoms with van der Waals surface area (Å²) in [6.07, 6.45) is 0. The number of benzene rings is 2. The van der Waals surface area contributed by atoms with E-state index in [1.54, 1.807) is 0 Å². The molecule has 0 radical (unpaired) electrons. The second kappa shape index (κ2) is 5.52. The van der Waals surface area contributed by atoms with Gasteiger partial charge < -0.3 is 5.32 Å². The van der Waals surface area contributed by atoms with Crippen LogP contribution in [0.1, 0.15) is 11.1 Å². The normalized spacial score (nSPS) is 10.4.